The largest absolute Gasteiger partial charge is 0.507 e. The number of aromatic hydroxyl groups is 1. The van der Waals surface area contributed by atoms with Gasteiger partial charge in [-0.15, -0.1) is 0 Å². The Balaban J connectivity index is 2.33. The van der Waals surface area contributed by atoms with Crippen molar-refractivity contribution in [1.29, 1.82) is 0 Å². The van der Waals surface area contributed by atoms with Gasteiger partial charge in [-0.2, -0.15) is 0 Å². The Morgan fingerprint density at radius 2 is 2.06 bits per heavy atom. The van der Waals surface area contributed by atoms with Gasteiger partial charge in [0.05, 0.1) is 5.56 Å². The molecule has 3 N–H and O–H groups in total. The summed E-state index contributed by atoms with van der Waals surface area (Å²) in [7, 11) is 0. The first kappa shape index (κ1) is 12.5. The molecule has 0 unspecified atom stereocenters. The second kappa shape index (κ2) is 6.85. The number of hydrogen-bond acceptors (Lipinski definition) is 3. The van der Waals surface area contributed by atoms with Gasteiger partial charge in [0.2, 0.25) is 0 Å². The summed E-state index contributed by atoms with van der Waals surface area (Å²) in [6.07, 6.45) is 0.882. The van der Waals surface area contributed by atoms with Crippen LogP contribution in [0.5, 0.6) is 5.75 Å². The van der Waals surface area contributed by atoms with Crippen LogP contribution in [-0.4, -0.2) is 30.6 Å². The fourth-order valence-electron chi connectivity index (χ4n) is 1.35. The number of benzene rings is 1. The average Bonchev–Trinajstić information content (AvgIpc) is 2.29. The van der Waals surface area contributed by atoms with Crippen molar-refractivity contribution in [2.45, 2.75) is 13.3 Å². The molecular formula is C12H18N2O2. The van der Waals surface area contributed by atoms with Crippen LogP contribution in [-0.2, 0) is 0 Å². The van der Waals surface area contributed by atoms with E-state index in [0.29, 0.717) is 12.1 Å². The molecule has 0 heterocycles. The third-order valence-corrected chi connectivity index (χ3v) is 2.21. The van der Waals surface area contributed by atoms with Gasteiger partial charge >= 0.3 is 0 Å². The molecule has 1 aromatic carbocycles. The lowest BCUT2D eigenvalue weighted by Crippen LogP contribution is -2.27. The maximum atomic E-state index is 11.6. The summed E-state index contributed by atoms with van der Waals surface area (Å²) in [6.45, 7) is 4.48. The van der Waals surface area contributed by atoms with Crippen molar-refractivity contribution in [3.8, 4) is 5.75 Å². The third kappa shape index (κ3) is 3.90. The minimum atomic E-state index is -0.227. The van der Waals surface area contributed by atoms with Crippen molar-refractivity contribution in [2.24, 2.45) is 0 Å². The van der Waals surface area contributed by atoms with Crippen molar-refractivity contribution in [2.75, 3.05) is 19.6 Å². The van der Waals surface area contributed by atoms with Gasteiger partial charge in [-0.05, 0) is 31.6 Å². The van der Waals surface area contributed by atoms with Gasteiger partial charge in [0.15, 0.2) is 0 Å². The molecule has 16 heavy (non-hydrogen) atoms. The molecule has 0 aromatic heterocycles. The van der Waals surface area contributed by atoms with E-state index in [2.05, 4.69) is 10.6 Å². The van der Waals surface area contributed by atoms with Gasteiger partial charge in [-0.1, -0.05) is 19.1 Å². The first-order chi connectivity index (χ1) is 7.75. The number of phenolic OH excluding ortho intramolecular Hbond substituents is 1. The Kier molecular flexibility index (Phi) is 5.36. The van der Waals surface area contributed by atoms with Crippen molar-refractivity contribution in [3.63, 3.8) is 0 Å². The summed E-state index contributed by atoms with van der Waals surface area (Å²) in [6, 6.07) is 6.53. The van der Waals surface area contributed by atoms with Gasteiger partial charge < -0.3 is 15.7 Å². The molecule has 88 valence electrons. The Labute approximate surface area is 95.7 Å². The van der Waals surface area contributed by atoms with Gasteiger partial charge in [-0.25, -0.2) is 0 Å². The first-order valence-electron chi connectivity index (χ1n) is 5.52. The maximum absolute atomic E-state index is 11.6. The summed E-state index contributed by atoms with van der Waals surface area (Å²) < 4.78 is 0. The summed E-state index contributed by atoms with van der Waals surface area (Å²) in [4.78, 5) is 11.6. The van der Waals surface area contributed by atoms with E-state index in [9.17, 15) is 9.90 Å². The normalized spacial score (nSPS) is 10.1. The Morgan fingerprint density at radius 1 is 1.31 bits per heavy atom. The van der Waals surface area contributed by atoms with E-state index in [1.807, 2.05) is 6.92 Å². The highest BCUT2D eigenvalue weighted by molar-refractivity contribution is 5.96. The maximum Gasteiger partial charge on any atom is 0.255 e. The zero-order valence-electron chi connectivity index (χ0n) is 9.49. The summed E-state index contributed by atoms with van der Waals surface area (Å²) in [5.41, 5.74) is 0.325. The summed E-state index contributed by atoms with van der Waals surface area (Å²) in [5, 5.41) is 15.4. The minimum Gasteiger partial charge on any atom is -0.507 e. The highest BCUT2D eigenvalue weighted by Gasteiger charge is 2.08. The van der Waals surface area contributed by atoms with E-state index >= 15 is 0 Å². The predicted octanol–water partition coefficient (Wildman–Crippen LogP) is 1.12. The van der Waals surface area contributed by atoms with Gasteiger partial charge in [-0.3, -0.25) is 4.79 Å². The molecule has 4 heteroatoms. The summed E-state index contributed by atoms with van der Waals surface area (Å²) in [5.74, 6) is -0.207. The number of carbonyl (C=O) groups excluding carboxylic acids is 1. The topological polar surface area (TPSA) is 61.4 Å². The lowest BCUT2D eigenvalue weighted by Gasteiger charge is -2.06. The molecule has 4 nitrogen and oxygen atoms in total. The molecule has 0 aliphatic carbocycles. The van der Waals surface area contributed by atoms with Crippen molar-refractivity contribution in [1.82, 2.24) is 10.6 Å². The summed E-state index contributed by atoms with van der Waals surface area (Å²) >= 11 is 0. The zero-order valence-corrected chi connectivity index (χ0v) is 9.49. The molecule has 0 spiro atoms. The van der Waals surface area contributed by atoms with Crippen LogP contribution >= 0.6 is 0 Å². The monoisotopic (exact) mass is 222 g/mol. The van der Waals surface area contributed by atoms with E-state index in [-0.39, 0.29) is 11.7 Å². The predicted molar refractivity (Wildman–Crippen MR) is 63.6 cm³/mol. The Hall–Kier alpha value is -1.55. The molecule has 0 fully saturated rings. The standard InChI is InChI=1S/C12H18N2O2/c1-2-13-8-5-9-14-12(16)10-6-3-4-7-11(10)15/h3-4,6-7,13,15H,2,5,8-9H2,1H3,(H,14,16). The molecule has 0 saturated carbocycles. The van der Waals surface area contributed by atoms with Gasteiger partial charge in [0.1, 0.15) is 5.75 Å². The molecule has 1 rings (SSSR count). The minimum absolute atomic E-state index is 0.0201. The number of hydrogen-bond donors (Lipinski definition) is 3. The zero-order chi connectivity index (χ0) is 11.8. The number of carbonyl (C=O) groups is 1. The number of phenols is 1. The first-order valence-corrected chi connectivity index (χ1v) is 5.52. The van der Waals surface area contributed by atoms with Crippen LogP contribution in [0.2, 0.25) is 0 Å². The van der Waals surface area contributed by atoms with Crippen LogP contribution in [0.3, 0.4) is 0 Å². The smallest absolute Gasteiger partial charge is 0.255 e. The van der Waals surface area contributed by atoms with Gasteiger partial charge in [0, 0.05) is 6.54 Å². The van der Waals surface area contributed by atoms with Crippen molar-refractivity contribution in [3.05, 3.63) is 29.8 Å². The molecule has 0 aliphatic heterocycles. The van der Waals surface area contributed by atoms with Gasteiger partial charge in [0.25, 0.3) is 5.91 Å². The number of rotatable bonds is 6. The van der Waals surface area contributed by atoms with E-state index in [4.69, 9.17) is 0 Å². The number of nitrogens with one attached hydrogen (secondary N) is 2. The molecule has 0 bridgehead atoms. The number of amides is 1. The molecule has 0 saturated heterocycles. The second-order valence-corrected chi connectivity index (χ2v) is 3.48. The highest BCUT2D eigenvalue weighted by atomic mass is 16.3. The van der Waals surface area contributed by atoms with E-state index in [1.165, 1.54) is 6.07 Å². The molecule has 1 amide bonds. The van der Waals surface area contributed by atoms with Crippen molar-refractivity contribution >= 4 is 5.91 Å². The van der Waals surface area contributed by atoms with Crippen LogP contribution in [0.4, 0.5) is 0 Å². The highest BCUT2D eigenvalue weighted by Crippen LogP contribution is 2.14. The molecule has 0 aliphatic rings. The fraction of sp³-hybridized carbons (Fsp3) is 0.417. The van der Waals surface area contributed by atoms with E-state index < -0.39 is 0 Å². The Morgan fingerprint density at radius 3 is 2.75 bits per heavy atom. The molecule has 1 aromatic rings. The average molecular weight is 222 g/mol. The Bertz CT molecular complexity index is 340. The van der Waals surface area contributed by atoms with Crippen molar-refractivity contribution < 1.29 is 9.90 Å². The molecule has 0 radical (unpaired) electrons. The van der Waals surface area contributed by atoms with Crippen LogP contribution in [0.15, 0.2) is 24.3 Å². The van der Waals surface area contributed by atoms with Crippen LogP contribution in [0.25, 0.3) is 0 Å². The SMILES string of the molecule is CCNCCCNC(=O)c1ccccc1O. The second-order valence-electron chi connectivity index (χ2n) is 3.48. The van der Waals surface area contributed by atoms with Crippen LogP contribution in [0, 0.1) is 0 Å². The molecule has 0 atom stereocenters. The van der Waals surface area contributed by atoms with E-state index in [0.717, 1.165) is 19.5 Å². The quantitative estimate of drug-likeness (QED) is 0.632. The van der Waals surface area contributed by atoms with E-state index in [1.54, 1.807) is 18.2 Å². The van der Waals surface area contributed by atoms with Crippen LogP contribution in [0.1, 0.15) is 23.7 Å². The lowest BCUT2D eigenvalue weighted by atomic mass is 10.2. The molecular weight excluding hydrogens is 204 g/mol. The lowest BCUT2D eigenvalue weighted by molar-refractivity contribution is 0.0950. The fourth-order valence-corrected chi connectivity index (χ4v) is 1.35. The number of para-hydroxylation sites is 1. The van der Waals surface area contributed by atoms with Crippen LogP contribution < -0.4 is 10.6 Å². The third-order valence-electron chi connectivity index (χ3n) is 2.21.